The molecule has 3 aliphatic rings. The van der Waals surface area contributed by atoms with Crippen LogP contribution in [0.25, 0.3) is 0 Å². The number of amides is 1. The van der Waals surface area contributed by atoms with E-state index in [2.05, 4.69) is 16.0 Å². The first-order valence-corrected chi connectivity index (χ1v) is 9.63. The fourth-order valence-electron chi connectivity index (χ4n) is 4.27. The quantitative estimate of drug-likeness (QED) is 0.819. The second-order valence-electron chi connectivity index (χ2n) is 7.34. The van der Waals surface area contributed by atoms with Crippen molar-refractivity contribution in [2.45, 2.75) is 25.0 Å². The number of rotatable bonds is 2. The molecular formula is C21H23N3O3. The van der Waals surface area contributed by atoms with Crippen LogP contribution < -0.4 is 9.80 Å². The molecule has 3 aliphatic heterocycles. The van der Waals surface area contributed by atoms with E-state index in [4.69, 9.17) is 9.47 Å². The topological polar surface area (TPSA) is 54.9 Å². The fraction of sp³-hybridized carbons (Fsp3) is 0.429. The Bertz CT molecular complexity index is 836. The van der Waals surface area contributed by atoms with Gasteiger partial charge in [0.05, 0.1) is 18.8 Å². The van der Waals surface area contributed by atoms with Crippen LogP contribution in [0, 0.1) is 0 Å². The molecule has 4 heterocycles. The van der Waals surface area contributed by atoms with Gasteiger partial charge >= 0.3 is 0 Å². The van der Waals surface area contributed by atoms with Gasteiger partial charge in [0.15, 0.2) is 5.79 Å². The maximum atomic E-state index is 12.9. The van der Waals surface area contributed by atoms with Crippen LogP contribution >= 0.6 is 0 Å². The maximum Gasteiger partial charge on any atom is 0.259 e. The van der Waals surface area contributed by atoms with E-state index in [0.29, 0.717) is 18.8 Å². The van der Waals surface area contributed by atoms with E-state index in [-0.39, 0.29) is 11.7 Å². The van der Waals surface area contributed by atoms with Crippen LogP contribution in [0.5, 0.6) is 0 Å². The minimum Gasteiger partial charge on any atom is -0.356 e. The van der Waals surface area contributed by atoms with Crippen molar-refractivity contribution in [3.63, 3.8) is 0 Å². The number of ether oxygens (including phenoxy) is 2. The summed E-state index contributed by atoms with van der Waals surface area (Å²) in [6, 6.07) is 11.9. The van der Waals surface area contributed by atoms with Crippen LogP contribution in [0.2, 0.25) is 0 Å². The number of carbonyl (C=O) groups is 1. The van der Waals surface area contributed by atoms with E-state index in [1.165, 1.54) is 5.56 Å². The van der Waals surface area contributed by atoms with Gasteiger partial charge in [-0.3, -0.25) is 4.79 Å². The van der Waals surface area contributed by atoms with Crippen molar-refractivity contribution >= 4 is 17.4 Å². The normalized spacial score (nSPS) is 20.9. The molecule has 2 fully saturated rings. The summed E-state index contributed by atoms with van der Waals surface area (Å²) in [6.45, 7) is 3.80. The van der Waals surface area contributed by atoms with Gasteiger partial charge in [0.25, 0.3) is 5.91 Å². The molecule has 2 saturated heterocycles. The zero-order chi connectivity index (χ0) is 18.3. The molecule has 27 heavy (non-hydrogen) atoms. The van der Waals surface area contributed by atoms with Crippen molar-refractivity contribution < 1.29 is 14.3 Å². The largest absolute Gasteiger partial charge is 0.356 e. The molecule has 0 unspecified atom stereocenters. The second kappa shape index (κ2) is 6.62. The highest BCUT2D eigenvalue weighted by Gasteiger charge is 2.40. The Morgan fingerprint density at radius 2 is 1.78 bits per heavy atom. The van der Waals surface area contributed by atoms with E-state index in [1.54, 1.807) is 6.20 Å². The van der Waals surface area contributed by atoms with Crippen molar-refractivity contribution in [1.82, 2.24) is 4.98 Å². The average molecular weight is 365 g/mol. The third kappa shape index (κ3) is 2.99. The van der Waals surface area contributed by atoms with Crippen molar-refractivity contribution in [3.8, 4) is 0 Å². The highest BCUT2D eigenvalue weighted by Crippen LogP contribution is 2.33. The second-order valence-corrected chi connectivity index (χ2v) is 7.34. The summed E-state index contributed by atoms with van der Waals surface area (Å²) >= 11 is 0. The maximum absolute atomic E-state index is 12.9. The zero-order valence-electron chi connectivity index (χ0n) is 15.3. The SMILES string of the molecule is O=C(c1ccc(N2CCC3(CC2)OCCO3)nc1)N1CCc2ccccc21. The lowest BCUT2D eigenvalue weighted by Crippen LogP contribution is -2.45. The Balaban J connectivity index is 1.28. The fourth-order valence-corrected chi connectivity index (χ4v) is 4.27. The van der Waals surface area contributed by atoms with Gasteiger partial charge in [-0.25, -0.2) is 4.98 Å². The summed E-state index contributed by atoms with van der Waals surface area (Å²) in [5.41, 5.74) is 2.88. The van der Waals surface area contributed by atoms with Gasteiger partial charge < -0.3 is 19.3 Å². The van der Waals surface area contributed by atoms with Crippen LogP contribution in [0.1, 0.15) is 28.8 Å². The van der Waals surface area contributed by atoms with E-state index in [9.17, 15) is 4.79 Å². The van der Waals surface area contributed by atoms with E-state index in [0.717, 1.165) is 50.4 Å². The first-order chi connectivity index (χ1) is 13.2. The summed E-state index contributed by atoms with van der Waals surface area (Å²) in [7, 11) is 0. The number of nitrogens with zero attached hydrogens (tertiary/aromatic N) is 3. The number of para-hydroxylation sites is 1. The lowest BCUT2D eigenvalue weighted by molar-refractivity contribution is -0.169. The van der Waals surface area contributed by atoms with Gasteiger partial charge in [-0.15, -0.1) is 0 Å². The predicted octanol–water partition coefficient (Wildman–Crippen LogP) is 2.63. The van der Waals surface area contributed by atoms with Gasteiger partial charge in [0, 0.05) is 44.4 Å². The molecule has 0 bridgehead atoms. The summed E-state index contributed by atoms with van der Waals surface area (Å²) in [5, 5.41) is 0. The number of carbonyl (C=O) groups excluding carboxylic acids is 1. The van der Waals surface area contributed by atoms with Crippen LogP contribution in [-0.4, -0.2) is 49.5 Å². The Labute approximate surface area is 158 Å². The van der Waals surface area contributed by atoms with Crippen molar-refractivity contribution in [1.29, 1.82) is 0 Å². The van der Waals surface area contributed by atoms with E-state index < -0.39 is 0 Å². The van der Waals surface area contributed by atoms with Gasteiger partial charge in [-0.05, 0) is 30.2 Å². The lowest BCUT2D eigenvalue weighted by Gasteiger charge is -2.38. The Morgan fingerprint density at radius 1 is 1.00 bits per heavy atom. The van der Waals surface area contributed by atoms with Crippen molar-refractivity contribution in [2.24, 2.45) is 0 Å². The van der Waals surface area contributed by atoms with Gasteiger partial charge in [-0.1, -0.05) is 18.2 Å². The molecule has 1 aromatic carbocycles. The van der Waals surface area contributed by atoms with Crippen LogP contribution in [0.3, 0.4) is 0 Å². The molecule has 6 nitrogen and oxygen atoms in total. The van der Waals surface area contributed by atoms with E-state index >= 15 is 0 Å². The average Bonchev–Trinajstić information content (AvgIpc) is 3.36. The lowest BCUT2D eigenvalue weighted by atomic mass is 10.0. The standard InChI is InChI=1S/C21H23N3O3/c25-20(24-10-7-16-3-1-2-4-18(16)24)17-5-6-19(22-15-17)23-11-8-21(9-12-23)26-13-14-27-21/h1-6,15H,7-14H2. The number of fused-ring (bicyclic) bond motifs is 1. The zero-order valence-corrected chi connectivity index (χ0v) is 15.3. The number of pyridine rings is 1. The molecule has 1 spiro atoms. The summed E-state index contributed by atoms with van der Waals surface area (Å²) < 4.78 is 11.6. The molecule has 0 atom stereocenters. The first kappa shape index (κ1) is 16.7. The van der Waals surface area contributed by atoms with Gasteiger partial charge in [-0.2, -0.15) is 0 Å². The smallest absolute Gasteiger partial charge is 0.259 e. The number of piperidine rings is 1. The Hall–Kier alpha value is -2.44. The van der Waals surface area contributed by atoms with Gasteiger partial charge in [0.1, 0.15) is 5.82 Å². The van der Waals surface area contributed by atoms with E-state index in [1.807, 2.05) is 35.2 Å². The molecule has 0 aliphatic carbocycles. The number of hydrogen-bond acceptors (Lipinski definition) is 5. The number of hydrogen-bond donors (Lipinski definition) is 0. The molecule has 0 saturated carbocycles. The summed E-state index contributed by atoms with van der Waals surface area (Å²) in [5.74, 6) is 0.542. The third-order valence-corrected chi connectivity index (χ3v) is 5.79. The van der Waals surface area contributed by atoms with Crippen LogP contribution in [0.15, 0.2) is 42.6 Å². The Kier molecular flexibility index (Phi) is 4.10. The van der Waals surface area contributed by atoms with Crippen molar-refractivity contribution in [3.05, 3.63) is 53.7 Å². The molecular weight excluding hydrogens is 342 g/mol. The van der Waals surface area contributed by atoms with Crippen molar-refractivity contribution in [2.75, 3.05) is 42.6 Å². The van der Waals surface area contributed by atoms with Gasteiger partial charge in [0.2, 0.25) is 0 Å². The molecule has 1 amide bonds. The molecule has 5 rings (SSSR count). The molecule has 140 valence electrons. The molecule has 1 aromatic heterocycles. The number of benzene rings is 1. The molecule has 0 N–H and O–H groups in total. The highest BCUT2D eigenvalue weighted by atomic mass is 16.7. The first-order valence-electron chi connectivity index (χ1n) is 9.63. The Morgan fingerprint density at radius 3 is 2.52 bits per heavy atom. The number of aromatic nitrogens is 1. The van der Waals surface area contributed by atoms with Crippen LogP contribution in [-0.2, 0) is 15.9 Å². The monoisotopic (exact) mass is 365 g/mol. The summed E-state index contributed by atoms with van der Waals surface area (Å²) in [6.07, 6.45) is 4.30. The molecule has 6 heteroatoms. The third-order valence-electron chi connectivity index (χ3n) is 5.79. The summed E-state index contributed by atoms with van der Waals surface area (Å²) in [4.78, 5) is 21.6. The molecule has 2 aromatic rings. The number of anilines is 2. The molecule has 0 radical (unpaired) electrons. The predicted molar refractivity (Wildman–Crippen MR) is 102 cm³/mol. The minimum atomic E-state index is -0.379. The van der Waals surface area contributed by atoms with Crippen LogP contribution in [0.4, 0.5) is 11.5 Å². The minimum absolute atomic E-state index is 0.0179. The highest BCUT2D eigenvalue weighted by molar-refractivity contribution is 6.07.